The second kappa shape index (κ2) is 9.40. The summed E-state index contributed by atoms with van der Waals surface area (Å²) in [5.41, 5.74) is 1.48. The summed E-state index contributed by atoms with van der Waals surface area (Å²) in [7, 11) is 1.49. The number of aldehydes is 1. The van der Waals surface area contributed by atoms with Crippen LogP contribution in [0.15, 0.2) is 30.6 Å². The molecule has 4 rings (SSSR count). The molecule has 1 unspecified atom stereocenters. The summed E-state index contributed by atoms with van der Waals surface area (Å²) in [6, 6.07) is 4.54. The van der Waals surface area contributed by atoms with Gasteiger partial charge >= 0.3 is 0 Å². The van der Waals surface area contributed by atoms with E-state index in [9.17, 15) is 9.18 Å². The molecule has 32 heavy (non-hydrogen) atoms. The zero-order chi connectivity index (χ0) is 22.8. The van der Waals surface area contributed by atoms with Crippen molar-refractivity contribution >= 4 is 35.2 Å². The molecule has 1 aliphatic rings. The Kier molecular flexibility index (Phi) is 6.59. The smallest absolute Gasteiger partial charge is 0.181 e. The number of methoxy groups -OCH3 is 1. The maximum absolute atomic E-state index is 14.5. The third kappa shape index (κ3) is 4.15. The second-order valence-electron chi connectivity index (χ2n) is 7.28. The van der Waals surface area contributed by atoms with Crippen LogP contribution in [0.1, 0.15) is 11.9 Å². The Morgan fingerprint density at radius 1 is 1.16 bits per heavy atom. The first-order valence-corrected chi connectivity index (χ1v) is 10.7. The molecule has 0 saturated carbocycles. The van der Waals surface area contributed by atoms with Gasteiger partial charge in [0, 0.05) is 44.6 Å². The molecule has 0 aliphatic carbocycles. The molecular formula is C21H21Cl2FN6O2. The van der Waals surface area contributed by atoms with Crippen LogP contribution in [-0.2, 0) is 4.79 Å². The first kappa shape index (κ1) is 22.4. The van der Waals surface area contributed by atoms with Crippen molar-refractivity contribution in [3.05, 3.63) is 52.1 Å². The van der Waals surface area contributed by atoms with Gasteiger partial charge in [0.2, 0.25) is 0 Å². The summed E-state index contributed by atoms with van der Waals surface area (Å²) < 4.78 is 21.3. The molecule has 168 valence electrons. The first-order valence-electron chi connectivity index (χ1n) is 9.94. The second-order valence-corrected chi connectivity index (χ2v) is 8.06. The fourth-order valence-electron chi connectivity index (χ4n) is 3.76. The number of hydrogen-bond acceptors (Lipinski definition) is 7. The lowest BCUT2D eigenvalue weighted by atomic mass is 10.2. The van der Waals surface area contributed by atoms with Crippen LogP contribution in [0.3, 0.4) is 0 Å². The molecular weight excluding hydrogens is 458 g/mol. The van der Waals surface area contributed by atoms with Gasteiger partial charge in [-0.3, -0.25) is 9.69 Å². The van der Waals surface area contributed by atoms with Crippen molar-refractivity contribution in [3.63, 3.8) is 0 Å². The highest BCUT2D eigenvalue weighted by atomic mass is 35.5. The normalized spacial score (nSPS) is 15.6. The zero-order valence-electron chi connectivity index (χ0n) is 17.5. The number of nitrogens with zero attached hydrogens (tertiary/aromatic N) is 6. The number of piperazine rings is 1. The van der Waals surface area contributed by atoms with E-state index in [2.05, 4.69) is 15.1 Å². The summed E-state index contributed by atoms with van der Waals surface area (Å²) >= 11 is 12.5. The highest BCUT2D eigenvalue weighted by Gasteiger charge is 2.29. The topological polar surface area (TPSA) is 76.4 Å². The van der Waals surface area contributed by atoms with Crippen molar-refractivity contribution in [1.82, 2.24) is 24.6 Å². The largest absolute Gasteiger partial charge is 0.495 e. The predicted octanol–water partition coefficient (Wildman–Crippen LogP) is 3.62. The number of benzene rings is 1. The van der Waals surface area contributed by atoms with Crippen molar-refractivity contribution in [2.75, 3.05) is 38.2 Å². The third-order valence-electron chi connectivity index (χ3n) is 5.48. The lowest BCUT2D eigenvalue weighted by Crippen LogP contribution is -2.49. The molecule has 1 aromatic carbocycles. The molecule has 8 nitrogen and oxygen atoms in total. The number of hydrogen-bond donors (Lipinski definition) is 0. The molecule has 0 amide bonds. The fraction of sp³-hybridized carbons (Fsp3) is 0.333. The number of aromatic nitrogens is 4. The molecule has 0 radical (unpaired) electrons. The van der Waals surface area contributed by atoms with Crippen molar-refractivity contribution in [2.45, 2.75) is 13.1 Å². The van der Waals surface area contributed by atoms with Gasteiger partial charge in [-0.05, 0) is 19.1 Å². The lowest BCUT2D eigenvalue weighted by Gasteiger charge is -2.38. The van der Waals surface area contributed by atoms with Crippen LogP contribution in [-0.4, -0.2) is 64.2 Å². The quantitative estimate of drug-likeness (QED) is 0.500. The summed E-state index contributed by atoms with van der Waals surface area (Å²) in [6.45, 7) is 3.84. The van der Waals surface area contributed by atoms with E-state index in [0.29, 0.717) is 59.9 Å². The van der Waals surface area contributed by atoms with Crippen molar-refractivity contribution in [1.29, 1.82) is 0 Å². The fourth-order valence-corrected chi connectivity index (χ4v) is 4.20. The Morgan fingerprint density at radius 3 is 2.47 bits per heavy atom. The minimum atomic E-state index is -0.656. The maximum Gasteiger partial charge on any atom is 0.181 e. The van der Waals surface area contributed by atoms with E-state index in [-0.39, 0.29) is 5.02 Å². The van der Waals surface area contributed by atoms with E-state index in [0.717, 1.165) is 6.29 Å². The van der Waals surface area contributed by atoms with Gasteiger partial charge in [0.15, 0.2) is 18.3 Å². The first-order chi connectivity index (χ1) is 15.4. The number of carbonyl (C=O) groups is 1. The molecule has 0 bridgehead atoms. The molecule has 1 fully saturated rings. The summed E-state index contributed by atoms with van der Waals surface area (Å²) in [5, 5.41) is 5.15. The van der Waals surface area contributed by atoms with Gasteiger partial charge in [0.05, 0.1) is 28.5 Å². The van der Waals surface area contributed by atoms with Crippen LogP contribution < -0.4 is 9.64 Å². The van der Waals surface area contributed by atoms with E-state index < -0.39 is 12.0 Å². The average molecular weight is 479 g/mol. The van der Waals surface area contributed by atoms with E-state index in [1.807, 2.05) is 9.80 Å². The number of ether oxygens (including phenoxy) is 1. The van der Waals surface area contributed by atoms with E-state index in [1.54, 1.807) is 36.1 Å². The lowest BCUT2D eigenvalue weighted by molar-refractivity contribution is -0.116. The van der Waals surface area contributed by atoms with Gasteiger partial charge in [0.25, 0.3) is 0 Å². The molecule has 1 atom stereocenters. The highest BCUT2D eigenvalue weighted by molar-refractivity contribution is 6.33. The van der Waals surface area contributed by atoms with E-state index in [1.165, 1.54) is 13.2 Å². The SMILES string of the molecule is COc1cc(N2CCN(C(C=O)n3nc(-c4ncccn4)c(Cl)c3C)CC2)c(F)cc1Cl. The van der Waals surface area contributed by atoms with E-state index in [4.69, 9.17) is 27.9 Å². The minimum absolute atomic E-state index is 0.220. The van der Waals surface area contributed by atoms with Crippen molar-refractivity contribution in [3.8, 4) is 17.3 Å². The number of anilines is 1. The van der Waals surface area contributed by atoms with Crippen LogP contribution in [0.25, 0.3) is 11.5 Å². The summed E-state index contributed by atoms with van der Waals surface area (Å²) in [6.07, 6.45) is 3.38. The Bertz CT molecular complexity index is 1120. The molecule has 11 heteroatoms. The molecule has 3 heterocycles. The van der Waals surface area contributed by atoms with Gasteiger partial charge in [-0.1, -0.05) is 23.2 Å². The molecule has 0 spiro atoms. The van der Waals surface area contributed by atoms with Crippen molar-refractivity contribution in [2.24, 2.45) is 0 Å². The standard InChI is InChI=1S/C21H21Cl2FN6O2/c1-13-19(23)20(21-25-4-3-5-26-21)27-30(13)18(12-31)29-8-6-28(7-9-29)16-11-17(32-2)14(22)10-15(16)24/h3-5,10-12,18H,6-9H2,1-2H3. The minimum Gasteiger partial charge on any atom is -0.495 e. The van der Waals surface area contributed by atoms with Crippen LogP contribution in [0.2, 0.25) is 10.0 Å². The van der Waals surface area contributed by atoms with Gasteiger partial charge in [-0.2, -0.15) is 5.10 Å². The van der Waals surface area contributed by atoms with Crippen LogP contribution in [0, 0.1) is 12.7 Å². The maximum atomic E-state index is 14.5. The van der Waals surface area contributed by atoms with Gasteiger partial charge in [0.1, 0.15) is 17.3 Å². The molecule has 1 saturated heterocycles. The Labute approximate surface area is 194 Å². The monoisotopic (exact) mass is 478 g/mol. The number of rotatable bonds is 6. The van der Waals surface area contributed by atoms with E-state index >= 15 is 0 Å². The third-order valence-corrected chi connectivity index (χ3v) is 6.23. The Balaban J connectivity index is 1.54. The average Bonchev–Trinajstić information content (AvgIpc) is 3.10. The van der Waals surface area contributed by atoms with Gasteiger partial charge in [-0.25, -0.2) is 19.0 Å². The molecule has 0 N–H and O–H groups in total. The number of carbonyl (C=O) groups excluding carboxylic acids is 1. The Hall–Kier alpha value is -2.75. The zero-order valence-corrected chi connectivity index (χ0v) is 19.0. The van der Waals surface area contributed by atoms with Crippen molar-refractivity contribution < 1.29 is 13.9 Å². The Morgan fingerprint density at radius 2 is 1.84 bits per heavy atom. The van der Waals surface area contributed by atoms with Crippen LogP contribution >= 0.6 is 23.2 Å². The molecule has 2 aromatic heterocycles. The molecule has 3 aromatic rings. The van der Waals surface area contributed by atoms with Gasteiger partial charge in [-0.15, -0.1) is 0 Å². The predicted molar refractivity (Wildman–Crippen MR) is 120 cm³/mol. The van der Waals surface area contributed by atoms with Crippen LogP contribution in [0.5, 0.6) is 5.75 Å². The number of halogens is 3. The van der Waals surface area contributed by atoms with Gasteiger partial charge < -0.3 is 9.64 Å². The van der Waals surface area contributed by atoms with Crippen LogP contribution in [0.4, 0.5) is 10.1 Å². The summed E-state index contributed by atoms with van der Waals surface area (Å²) in [5.74, 6) is 0.383. The molecule has 1 aliphatic heterocycles. The summed E-state index contributed by atoms with van der Waals surface area (Å²) in [4.78, 5) is 24.3. The highest BCUT2D eigenvalue weighted by Crippen LogP contribution is 2.34.